The Kier molecular flexibility index (Phi) is 4.80. The van der Waals surface area contributed by atoms with Gasteiger partial charge in [-0.05, 0) is 24.8 Å². The molecule has 0 bridgehead atoms. The number of rotatable bonds is 4. The minimum atomic E-state index is 0.0742. The first-order valence-electron chi connectivity index (χ1n) is 8.15. The quantitative estimate of drug-likeness (QED) is 0.857. The summed E-state index contributed by atoms with van der Waals surface area (Å²) in [6.07, 6.45) is 4.01. The molecule has 0 radical (unpaired) electrons. The van der Waals surface area contributed by atoms with Crippen molar-refractivity contribution in [2.24, 2.45) is 5.92 Å². The van der Waals surface area contributed by atoms with E-state index in [1.807, 2.05) is 18.2 Å². The van der Waals surface area contributed by atoms with Crippen molar-refractivity contribution in [2.45, 2.75) is 39.0 Å². The Labute approximate surface area is 141 Å². The minimum absolute atomic E-state index is 0.0742. The van der Waals surface area contributed by atoms with Crippen LogP contribution in [0.15, 0.2) is 24.4 Å². The number of hydrogen-bond acceptors (Lipinski definition) is 6. The summed E-state index contributed by atoms with van der Waals surface area (Å²) in [5, 5.41) is 10.9. The molecular weight excluding hydrogens is 308 g/mol. The molecule has 124 valence electrons. The highest BCUT2D eigenvalue weighted by Gasteiger charge is 2.25. The molecule has 0 spiro atoms. The fourth-order valence-electron chi connectivity index (χ4n) is 2.57. The number of piperidine rings is 1. The third-order valence-electron chi connectivity index (χ3n) is 4.05. The summed E-state index contributed by atoms with van der Waals surface area (Å²) in [6.45, 7) is 9.33. The van der Waals surface area contributed by atoms with Crippen molar-refractivity contribution in [1.29, 1.82) is 0 Å². The number of anilines is 1. The van der Waals surface area contributed by atoms with Crippen LogP contribution in [0, 0.1) is 5.92 Å². The maximum atomic E-state index is 5.78. The maximum Gasteiger partial charge on any atom is 0.213 e. The average Bonchev–Trinajstić information content (AvgIpc) is 3.05. The van der Waals surface area contributed by atoms with Crippen molar-refractivity contribution in [3.63, 3.8) is 0 Å². The van der Waals surface area contributed by atoms with Crippen molar-refractivity contribution < 1.29 is 4.74 Å². The molecule has 0 saturated carbocycles. The summed E-state index contributed by atoms with van der Waals surface area (Å²) in [5.41, 5.74) is 0.0742. The molecule has 3 heterocycles. The summed E-state index contributed by atoms with van der Waals surface area (Å²) >= 11 is 1.72. The van der Waals surface area contributed by atoms with Gasteiger partial charge in [0.1, 0.15) is 5.01 Å². The number of pyridine rings is 1. The summed E-state index contributed by atoms with van der Waals surface area (Å²) in [7, 11) is 0. The van der Waals surface area contributed by atoms with Crippen LogP contribution >= 0.6 is 11.3 Å². The highest BCUT2D eigenvalue weighted by molar-refractivity contribution is 7.15. The van der Waals surface area contributed by atoms with Gasteiger partial charge in [0.2, 0.25) is 11.0 Å². The Morgan fingerprint density at radius 3 is 2.61 bits per heavy atom. The van der Waals surface area contributed by atoms with E-state index in [-0.39, 0.29) is 5.41 Å². The summed E-state index contributed by atoms with van der Waals surface area (Å²) in [4.78, 5) is 6.55. The summed E-state index contributed by atoms with van der Waals surface area (Å²) in [6, 6.07) is 5.76. The van der Waals surface area contributed by atoms with Crippen LogP contribution in [-0.2, 0) is 5.41 Å². The normalized spacial score (nSPS) is 16.6. The van der Waals surface area contributed by atoms with Crippen LogP contribution in [-0.4, -0.2) is 34.9 Å². The Morgan fingerprint density at radius 1 is 1.22 bits per heavy atom. The fraction of sp³-hybridized carbons (Fsp3) is 0.588. The predicted octanol–water partition coefficient (Wildman–Crippen LogP) is 3.53. The molecule has 0 aromatic carbocycles. The van der Waals surface area contributed by atoms with Gasteiger partial charge in [0.25, 0.3) is 0 Å². The first-order chi connectivity index (χ1) is 11.0. The molecule has 0 unspecified atom stereocenters. The van der Waals surface area contributed by atoms with E-state index in [4.69, 9.17) is 4.74 Å². The second-order valence-corrected chi connectivity index (χ2v) is 8.01. The van der Waals surface area contributed by atoms with Crippen molar-refractivity contribution in [2.75, 3.05) is 24.6 Å². The van der Waals surface area contributed by atoms with Crippen LogP contribution in [0.3, 0.4) is 0 Å². The van der Waals surface area contributed by atoms with Gasteiger partial charge in [0, 0.05) is 30.8 Å². The minimum Gasteiger partial charge on any atom is -0.477 e. The van der Waals surface area contributed by atoms with Gasteiger partial charge >= 0.3 is 0 Å². The second-order valence-electron chi connectivity index (χ2n) is 7.05. The Balaban J connectivity index is 1.49. The SMILES string of the molecule is CC(C)(C)c1nnc(N2CCC(COc3ccccn3)CC2)s1. The molecule has 1 saturated heterocycles. The molecule has 2 aromatic heterocycles. The van der Waals surface area contributed by atoms with E-state index in [9.17, 15) is 0 Å². The zero-order valence-electron chi connectivity index (χ0n) is 14.0. The highest BCUT2D eigenvalue weighted by Crippen LogP contribution is 2.31. The van der Waals surface area contributed by atoms with Gasteiger partial charge in [0.15, 0.2) is 0 Å². The topological polar surface area (TPSA) is 51.1 Å². The lowest BCUT2D eigenvalue weighted by atomic mass is 9.98. The molecule has 5 nitrogen and oxygen atoms in total. The first-order valence-corrected chi connectivity index (χ1v) is 8.97. The lowest BCUT2D eigenvalue weighted by molar-refractivity contribution is 0.216. The Hall–Kier alpha value is -1.69. The van der Waals surface area contributed by atoms with Gasteiger partial charge in [-0.1, -0.05) is 38.2 Å². The molecule has 1 aliphatic rings. The molecule has 1 fully saturated rings. The maximum absolute atomic E-state index is 5.78. The number of aromatic nitrogens is 3. The van der Waals surface area contributed by atoms with Gasteiger partial charge < -0.3 is 9.64 Å². The predicted molar refractivity (Wildman–Crippen MR) is 93.3 cm³/mol. The first kappa shape index (κ1) is 16.2. The second kappa shape index (κ2) is 6.83. The summed E-state index contributed by atoms with van der Waals surface area (Å²) in [5.74, 6) is 1.30. The number of ether oxygens (including phenoxy) is 1. The van der Waals surface area contributed by atoms with Gasteiger partial charge in [-0.15, -0.1) is 10.2 Å². The van der Waals surface area contributed by atoms with Crippen LogP contribution < -0.4 is 9.64 Å². The van der Waals surface area contributed by atoms with Gasteiger partial charge in [0.05, 0.1) is 6.61 Å². The Bertz CT molecular complexity index is 615. The lowest BCUT2D eigenvalue weighted by Crippen LogP contribution is -2.35. The molecule has 6 heteroatoms. The van der Waals surface area contributed by atoms with E-state index < -0.39 is 0 Å². The highest BCUT2D eigenvalue weighted by atomic mass is 32.1. The number of nitrogens with zero attached hydrogens (tertiary/aromatic N) is 4. The van der Waals surface area contributed by atoms with Gasteiger partial charge in [-0.3, -0.25) is 0 Å². The molecule has 0 atom stereocenters. The molecule has 0 amide bonds. The van der Waals surface area contributed by atoms with Crippen molar-refractivity contribution in [3.05, 3.63) is 29.4 Å². The van der Waals surface area contributed by atoms with E-state index in [0.29, 0.717) is 11.8 Å². The standard InChI is InChI=1S/C17H24N4OS/c1-17(2,3)15-19-20-16(23-15)21-10-7-13(8-11-21)12-22-14-6-4-5-9-18-14/h4-6,9,13H,7-8,10-12H2,1-3H3. The van der Waals surface area contributed by atoms with Gasteiger partial charge in [-0.25, -0.2) is 4.98 Å². The van der Waals surface area contributed by atoms with E-state index in [2.05, 4.69) is 40.9 Å². The van der Waals surface area contributed by atoms with Crippen LogP contribution in [0.1, 0.15) is 38.6 Å². The van der Waals surface area contributed by atoms with E-state index >= 15 is 0 Å². The van der Waals surface area contributed by atoms with Crippen LogP contribution in [0.25, 0.3) is 0 Å². The van der Waals surface area contributed by atoms with E-state index in [0.717, 1.165) is 42.7 Å². The van der Waals surface area contributed by atoms with Crippen LogP contribution in [0.5, 0.6) is 5.88 Å². The van der Waals surface area contributed by atoms with Crippen LogP contribution in [0.2, 0.25) is 0 Å². The molecule has 0 N–H and O–H groups in total. The smallest absolute Gasteiger partial charge is 0.213 e. The molecule has 3 rings (SSSR count). The van der Waals surface area contributed by atoms with Crippen molar-refractivity contribution >= 4 is 16.5 Å². The molecule has 0 aliphatic carbocycles. The third-order valence-corrected chi connectivity index (χ3v) is 5.46. The third kappa shape index (κ3) is 4.19. The number of hydrogen-bond donors (Lipinski definition) is 0. The van der Waals surface area contributed by atoms with Crippen molar-refractivity contribution in [1.82, 2.24) is 15.2 Å². The molecule has 23 heavy (non-hydrogen) atoms. The zero-order chi connectivity index (χ0) is 16.3. The monoisotopic (exact) mass is 332 g/mol. The molecule has 2 aromatic rings. The average molecular weight is 332 g/mol. The van der Waals surface area contributed by atoms with Crippen LogP contribution in [0.4, 0.5) is 5.13 Å². The zero-order valence-corrected chi connectivity index (χ0v) is 14.8. The summed E-state index contributed by atoms with van der Waals surface area (Å²) < 4.78 is 5.78. The molecular formula is C17H24N4OS. The Morgan fingerprint density at radius 2 is 2.00 bits per heavy atom. The van der Waals surface area contributed by atoms with E-state index in [1.54, 1.807) is 17.5 Å². The van der Waals surface area contributed by atoms with Gasteiger partial charge in [-0.2, -0.15) is 0 Å². The fourth-order valence-corrected chi connectivity index (χ4v) is 3.53. The van der Waals surface area contributed by atoms with E-state index in [1.165, 1.54) is 0 Å². The lowest BCUT2D eigenvalue weighted by Gasteiger charge is -2.31. The molecule has 1 aliphatic heterocycles. The van der Waals surface area contributed by atoms with Crippen molar-refractivity contribution in [3.8, 4) is 5.88 Å². The largest absolute Gasteiger partial charge is 0.477 e.